The van der Waals surface area contributed by atoms with Crippen LogP contribution in [0.4, 0.5) is 5.69 Å². The lowest BCUT2D eigenvalue weighted by molar-refractivity contribution is -0.116. The van der Waals surface area contributed by atoms with E-state index >= 15 is 0 Å². The van der Waals surface area contributed by atoms with E-state index in [2.05, 4.69) is 5.32 Å². The van der Waals surface area contributed by atoms with Gasteiger partial charge >= 0.3 is 0 Å². The van der Waals surface area contributed by atoms with Gasteiger partial charge in [0.1, 0.15) is 0 Å². The lowest BCUT2D eigenvalue weighted by Crippen LogP contribution is -2.39. The quantitative estimate of drug-likeness (QED) is 0.904. The summed E-state index contributed by atoms with van der Waals surface area (Å²) in [5.74, 6) is 0.0663. The second kappa shape index (κ2) is 7.24. The second-order valence-corrected chi connectivity index (χ2v) is 7.77. The number of aryl methyl sites for hydroxylation is 2. The molecule has 0 atom stereocenters. The molecule has 1 heterocycles. The zero-order chi connectivity index (χ0) is 16.2. The summed E-state index contributed by atoms with van der Waals surface area (Å²) in [6.07, 6.45) is 2.63. The summed E-state index contributed by atoms with van der Waals surface area (Å²) < 4.78 is 25.2. The van der Waals surface area contributed by atoms with Crippen LogP contribution in [0.1, 0.15) is 37.3 Å². The molecule has 0 saturated carbocycles. The van der Waals surface area contributed by atoms with Gasteiger partial charge in [-0.05, 0) is 37.3 Å². The molecule has 0 aliphatic carbocycles. The summed E-state index contributed by atoms with van der Waals surface area (Å²) in [4.78, 5) is 12.2. The lowest BCUT2D eigenvalue weighted by Gasteiger charge is -2.26. The highest BCUT2D eigenvalue weighted by molar-refractivity contribution is 7.89. The molecule has 22 heavy (non-hydrogen) atoms. The third-order valence-corrected chi connectivity index (χ3v) is 6.00. The Balaban J connectivity index is 1.96. The van der Waals surface area contributed by atoms with E-state index in [1.54, 1.807) is 0 Å². The van der Waals surface area contributed by atoms with Gasteiger partial charge in [0.05, 0.1) is 5.75 Å². The van der Waals surface area contributed by atoms with Crippen molar-refractivity contribution >= 4 is 21.6 Å². The van der Waals surface area contributed by atoms with E-state index in [4.69, 9.17) is 0 Å². The number of sulfonamides is 1. The van der Waals surface area contributed by atoms with Crippen molar-refractivity contribution in [2.45, 2.75) is 39.5 Å². The standard InChI is InChI=1S/C16H24N2O3S/c1-3-14-8-6-7-13(2)16(14)17-15(19)9-11-18-10-4-5-12-22(18,20)21/h6-8H,3-5,9-12H2,1-2H3,(H,17,19). The summed E-state index contributed by atoms with van der Waals surface area (Å²) in [5.41, 5.74) is 2.98. The average Bonchev–Trinajstić information content (AvgIpc) is 2.47. The Morgan fingerprint density at radius 1 is 1.32 bits per heavy atom. The molecule has 0 bridgehead atoms. The number of nitrogens with zero attached hydrogens (tertiary/aromatic N) is 1. The van der Waals surface area contributed by atoms with E-state index in [-0.39, 0.29) is 24.6 Å². The maximum Gasteiger partial charge on any atom is 0.225 e. The molecular formula is C16H24N2O3S. The van der Waals surface area contributed by atoms with Crippen LogP contribution in [-0.4, -0.2) is 37.5 Å². The molecule has 1 amide bonds. The summed E-state index contributed by atoms with van der Waals surface area (Å²) in [5, 5.41) is 2.94. The molecule has 122 valence electrons. The van der Waals surface area contributed by atoms with Crippen molar-refractivity contribution in [2.75, 3.05) is 24.2 Å². The third kappa shape index (κ3) is 4.08. The number of carbonyl (C=O) groups excluding carboxylic acids is 1. The van der Waals surface area contributed by atoms with E-state index in [0.29, 0.717) is 13.0 Å². The van der Waals surface area contributed by atoms with Crippen LogP contribution < -0.4 is 5.32 Å². The molecule has 1 aliphatic heterocycles. The van der Waals surface area contributed by atoms with E-state index in [0.717, 1.165) is 29.7 Å². The molecule has 2 rings (SSSR count). The van der Waals surface area contributed by atoms with Gasteiger partial charge in [0.15, 0.2) is 0 Å². The fraction of sp³-hybridized carbons (Fsp3) is 0.562. The third-order valence-electron chi connectivity index (χ3n) is 4.05. The van der Waals surface area contributed by atoms with Crippen LogP contribution in [0, 0.1) is 6.92 Å². The fourth-order valence-electron chi connectivity index (χ4n) is 2.72. The first-order valence-electron chi connectivity index (χ1n) is 7.80. The Labute approximate surface area is 132 Å². The number of anilines is 1. The number of rotatable bonds is 5. The Hall–Kier alpha value is -1.40. The molecule has 1 saturated heterocycles. The van der Waals surface area contributed by atoms with Crippen molar-refractivity contribution in [1.29, 1.82) is 0 Å². The van der Waals surface area contributed by atoms with Gasteiger partial charge in [-0.3, -0.25) is 4.79 Å². The van der Waals surface area contributed by atoms with E-state index in [1.807, 2.05) is 32.0 Å². The number of benzene rings is 1. The van der Waals surface area contributed by atoms with Crippen LogP contribution >= 0.6 is 0 Å². The average molecular weight is 324 g/mol. The van der Waals surface area contributed by atoms with Gasteiger partial charge < -0.3 is 5.32 Å². The van der Waals surface area contributed by atoms with Crippen LogP contribution in [0.3, 0.4) is 0 Å². The highest BCUT2D eigenvalue weighted by Crippen LogP contribution is 2.21. The molecule has 5 nitrogen and oxygen atoms in total. The van der Waals surface area contributed by atoms with E-state index in [9.17, 15) is 13.2 Å². The van der Waals surface area contributed by atoms with Gasteiger partial charge in [0, 0.05) is 25.2 Å². The largest absolute Gasteiger partial charge is 0.326 e. The number of hydrogen-bond donors (Lipinski definition) is 1. The lowest BCUT2D eigenvalue weighted by atomic mass is 10.1. The second-order valence-electron chi connectivity index (χ2n) is 5.68. The highest BCUT2D eigenvalue weighted by atomic mass is 32.2. The van der Waals surface area contributed by atoms with E-state index < -0.39 is 10.0 Å². The minimum absolute atomic E-state index is 0.134. The maximum absolute atomic E-state index is 12.2. The molecule has 1 aliphatic rings. The first kappa shape index (κ1) is 17.0. The minimum Gasteiger partial charge on any atom is -0.326 e. The fourth-order valence-corrected chi connectivity index (χ4v) is 4.33. The molecule has 0 spiro atoms. The molecule has 0 unspecified atom stereocenters. The number of amides is 1. The van der Waals surface area contributed by atoms with Crippen molar-refractivity contribution < 1.29 is 13.2 Å². The van der Waals surface area contributed by atoms with Crippen LogP contribution in [0.5, 0.6) is 0 Å². The van der Waals surface area contributed by atoms with Crippen molar-refractivity contribution in [3.8, 4) is 0 Å². The molecule has 0 radical (unpaired) electrons. The smallest absolute Gasteiger partial charge is 0.225 e. The SMILES string of the molecule is CCc1cccc(C)c1NC(=O)CCN1CCCCS1(=O)=O. The van der Waals surface area contributed by atoms with Gasteiger partial charge in [-0.25, -0.2) is 12.7 Å². The topological polar surface area (TPSA) is 66.5 Å². The molecule has 1 N–H and O–H groups in total. The van der Waals surface area contributed by atoms with Crippen LogP contribution in [0.2, 0.25) is 0 Å². The molecule has 0 aromatic heterocycles. The monoisotopic (exact) mass is 324 g/mol. The van der Waals surface area contributed by atoms with Gasteiger partial charge in [-0.1, -0.05) is 25.1 Å². The van der Waals surface area contributed by atoms with Crippen molar-refractivity contribution in [3.05, 3.63) is 29.3 Å². The number of hydrogen-bond acceptors (Lipinski definition) is 3. The van der Waals surface area contributed by atoms with Gasteiger partial charge in [0.25, 0.3) is 0 Å². The predicted octanol–water partition coefficient (Wildman–Crippen LogP) is 2.31. The van der Waals surface area contributed by atoms with Crippen molar-refractivity contribution in [2.24, 2.45) is 0 Å². The number of para-hydroxylation sites is 1. The first-order chi connectivity index (χ1) is 10.4. The number of carbonyl (C=O) groups is 1. The van der Waals surface area contributed by atoms with Crippen molar-refractivity contribution in [1.82, 2.24) is 4.31 Å². The number of nitrogens with one attached hydrogen (secondary N) is 1. The summed E-state index contributed by atoms with van der Waals surface area (Å²) in [7, 11) is -3.16. The van der Waals surface area contributed by atoms with E-state index in [1.165, 1.54) is 4.31 Å². The zero-order valence-corrected chi connectivity index (χ0v) is 14.1. The predicted molar refractivity (Wildman–Crippen MR) is 88.4 cm³/mol. The maximum atomic E-state index is 12.2. The summed E-state index contributed by atoms with van der Waals surface area (Å²) in [6.45, 7) is 4.80. The Morgan fingerprint density at radius 2 is 2.09 bits per heavy atom. The zero-order valence-electron chi connectivity index (χ0n) is 13.3. The van der Waals surface area contributed by atoms with Gasteiger partial charge in [0.2, 0.25) is 15.9 Å². The Bertz CT molecular complexity index is 641. The van der Waals surface area contributed by atoms with Crippen LogP contribution in [0.25, 0.3) is 0 Å². The Kier molecular flexibility index (Phi) is 5.58. The molecule has 1 aromatic rings. The highest BCUT2D eigenvalue weighted by Gasteiger charge is 2.25. The molecule has 6 heteroatoms. The molecule has 1 aromatic carbocycles. The first-order valence-corrected chi connectivity index (χ1v) is 9.41. The minimum atomic E-state index is -3.16. The van der Waals surface area contributed by atoms with Crippen molar-refractivity contribution in [3.63, 3.8) is 0 Å². The molecule has 1 fully saturated rings. The normalized spacial score (nSPS) is 18.1. The van der Waals surface area contributed by atoms with Gasteiger partial charge in [-0.2, -0.15) is 0 Å². The molecular weight excluding hydrogens is 300 g/mol. The Morgan fingerprint density at radius 3 is 2.77 bits per heavy atom. The van der Waals surface area contributed by atoms with Crippen LogP contribution in [0.15, 0.2) is 18.2 Å². The summed E-state index contributed by atoms with van der Waals surface area (Å²) >= 11 is 0. The summed E-state index contributed by atoms with van der Waals surface area (Å²) in [6, 6.07) is 5.94. The van der Waals surface area contributed by atoms with Crippen LogP contribution in [-0.2, 0) is 21.2 Å². The van der Waals surface area contributed by atoms with Gasteiger partial charge in [-0.15, -0.1) is 0 Å².